The van der Waals surface area contributed by atoms with Crippen molar-refractivity contribution >= 4 is 21.9 Å². The first-order valence-electron chi connectivity index (χ1n) is 9.08. The van der Waals surface area contributed by atoms with Crippen LogP contribution in [0, 0.1) is 5.82 Å². The number of likely N-dealkylation sites (N-methyl/N-ethyl adjacent to an activating group) is 1. The highest BCUT2D eigenvalue weighted by molar-refractivity contribution is 5.87. The van der Waals surface area contributed by atoms with E-state index in [1.54, 1.807) is 6.07 Å². The third-order valence-electron chi connectivity index (χ3n) is 5.67. The van der Waals surface area contributed by atoms with Crippen LogP contribution in [-0.2, 0) is 12.8 Å². The Morgan fingerprint density at radius 2 is 2.04 bits per heavy atom. The van der Waals surface area contributed by atoms with E-state index in [1.165, 1.54) is 11.6 Å². The summed E-state index contributed by atoms with van der Waals surface area (Å²) >= 11 is 0. The van der Waals surface area contributed by atoms with Crippen LogP contribution in [0.5, 0.6) is 0 Å². The highest BCUT2D eigenvalue weighted by Crippen LogP contribution is 2.35. The van der Waals surface area contributed by atoms with Crippen LogP contribution in [0.25, 0.3) is 27.6 Å². The van der Waals surface area contributed by atoms with E-state index in [2.05, 4.69) is 25.1 Å². The van der Waals surface area contributed by atoms with E-state index in [0.717, 1.165) is 47.1 Å². The maximum atomic E-state index is 14.4. The average molecular weight is 348 g/mol. The van der Waals surface area contributed by atoms with Gasteiger partial charge < -0.3 is 13.9 Å². The van der Waals surface area contributed by atoms with E-state index in [9.17, 15) is 4.39 Å². The minimum absolute atomic E-state index is 0.200. The summed E-state index contributed by atoms with van der Waals surface area (Å²) < 4.78 is 22.4. The molecular weight excluding hydrogens is 327 g/mol. The first-order chi connectivity index (χ1) is 12.6. The summed E-state index contributed by atoms with van der Waals surface area (Å²) in [5.74, 6) is 0.910. The normalized spacial score (nSPS) is 17.3. The molecule has 132 valence electrons. The second kappa shape index (κ2) is 5.71. The predicted octanol–water partition coefficient (Wildman–Crippen LogP) is 4.93. The van der Waals surface area contributed by atoms with E-state index in [4.69, 9.17) is 4.42 Å². The van der Waals surface area contributed by atoms with E-state index >= 15 is 0 Å². The fourth-order valence-corrected chi connectivity index (χ4v) is 4.20. The zero-order valence-corrected chi connectivity index (χ0v) is 15.0. The molecule has 0 saturated carbocycles. The average Bonchev–Trinajstić information content (AvgIpc) is 3.22. The number of benzene rings is 2. The van der Waals surface area contributed by atoms with Crippen LogP contribution in [0.2, 0.25) is 0 Å². The lowest BCUT2D eigenvalue weighted by atomic mass is 9.91. The third kappa shape index (κ3) is 2.29. The summed E-state index contributed by atoms with van der Waals surface area (Å²) in [7, 11) is 4.27. The highest BCUT2D eigenvalue weighted by Gasteiger charge is 2.25. The summed E-state index contributed by atoms with van der Waals surface area (Å²) in [6, 6.07) is 13.9. The van der Waals surface area contributed by atoms with Gasteiger partial charge in [0.2, 0.25) is 0 Å². The van der Waals surface area contributed by atoms with Gasteiger partial charge in [0, 0.05) is 40.7 Å². The fourth-order valence-electron chi connectivity index (χ4n) is 4.20. The van der Waals surface area contributed by atoms with Gasteiger partial charge in [-0.2, -0.15) is 0 Å². The van der Waals surface area contributed by atoms with Crippen LogP contribution >= 0.6 is 0 Å². The number of aryl methyl sites for hydroxylation is 1. The summed E-state index contributed by atoms with van der Waals surface area (Å²) in [4.78, 5) is 2.29. The molecule has 26 heavy (non-hydrogen) atoms. The Morgan fingerprint density at radius 1 is 1.15 bits per heavy atom. The number of aromatic nitrogens is 1. The smallest absolute Gasteiger partial charge is 0.147 e. The van der Waals surface area contributed by atoms with E-state index < -0.39 is 0 Å². The van der Waals surface area contributed by atoms with Crippen molar-refractivity contribution in [1.29, 1.82) is 0 Å². The Kier molecular flexibility index (Phi) is 3.44. The van der Waals surface area contributed by atoms with Gasteiger partial charge in [-0.15, -0.1) is 0 Å². The monoisotopic (exact) mass is 348 g/mol. The van der Waals surface area contributed by atoms with Crippen molar-refractivity contribution in [2.24, 2.45) is 0 Å². The van der Waals surface area contributed by atoms with Crippen LogP contribution in [-0.4, -0.2) is 29.6 Å². The zero-order valence-electron chi connectivity index (χ0n) is 15.0. The standard InChI is InChI=1S/C22H21FN2O/c1-24(2)15-6-8-20-17(12-15)18-13-16(7-9-21(18)26-20)25-11-10-14-4-3-5-19(23)22(14)25/h3-5,7,9-11,13,15H,6,8,12H2,1-2H3. The van der Waals surface area contributed by atoms with Gasteiger partial charge in [0.25, 0.3) is 0 Å². The van der Waals surface area contributed by atoms with Gasteiger partial charge >= 0.3 is 0 Å². The molecule has 1 unspecified atom stereocenters. The molecule has 4 heteroatoms. The highest BCUT2D eigenvalue weighted by atomic mass is 19.1. The molecule has 0 radical (unpaired) electrons. The van der Waals surface area contributed by atoms with Crippen LogP contribution in [0.1, 0.15) is 17.7 Å². The van der Waals surface area contributed by atoms with Crippen molar-refractivity contribution in [2.75, 3.05) is 14.1 Å². The Hall–Kier alpha value is -2.59. The molecule has 4 aromatic rings. The largest absolute Gasteiger partial charge is 0.461 e. The lowest BCUT2D eigenvalue weighted by molar-refractivity contribution is 0.261. The number of furan rings is 1. The van der Waals surface area contributed by atoms with Crippen molar-refractivity contribution in [3.63, 3.8) is 0 Å². The zero-order chi connectivity index (χ0) is 17.8. The third-order valence-corrected chi connectivity index (χ3v) is 5.67. The van der Waals surface area contributed by atoms with Crippen molar-refractivity contribution in [1.82, 2.24) is 9.47 Å². The molecule has 0 saturated heterocycles. The first-order valence-corrected chi connectivity index (χ1v) is 9.08. The molecular formula is C22H21FN2O. The summed E-state index contributed by atoms with van der Waals surface area (Å²) in [5, 5.41) is 2.06. The SMILES string of the molecule is CN(C)C1CCc2oc3ccc(-n4ccc5cccc(F)c54)cc3c2C1. The van der Waals surface area contributed by atoms with E-state index in [-0.39, 0.29) is 5.82 Å². The number of rotatable bonds is 2. The Morgan fingerprint density at radius 3 is 2.88 bits per heavy atom. The van der Waals surface area contributed by atoms with Crippen LogP contribution < -0.4 is 0 Å². The molecule has 0 aliphatic heterocycles. The molecule has 0 spiro atoms. The Labute approximate surface area is 151 Å². The van der Waals surface area contributed by atoms with Crippen molar-refractivity contribution in [3.05, 3.63) is 65.8 Å². The number of hydrogen-bond donors (Lipinski definition) is 0. The second-order valence-electron chi connectivity index (χ2n) is 7.41. The summed E-state index contributed by atoms with van der Waals surface area (Å²) in [5.41, 5.74) is 3.82. The lowest BCUT2D eigenvalue weighted by Crippen LogP contribution is -2.33. The quantitative estimate of drug-likeness (QED) is 0.512. The predicted molar refractivity (Wildman–Crippen MR) is 103 cm³/mol. The first kappa shape index (κ1) is 15.6. The molecule has 2 aromatic heterocycles. The van der Waals surface area contributed by atoms with E-state index in [0.29, 0.717) is 11.6 Å². The van der Waals surface area contributed by atoms with Crippen molar-refractivity contribution in [2.45, 2.75) is 25.3 Å². The van der Waals surface area contributed by atoms with Crippen LogP contribution in [0.3, 0.4) is 0 Å². The number of para-hydroxylation sites is 1. The summed E-state index contributed by atoms with van der Waals surface area (Å²) in [6.45, 7) is 0. The molecule has 1 atom stereocenters. The molecule has 0 fully saturated rings. The Bertz CT molecular complexity index is 1120. The molecule has 2 aromatic carbocycles. The number of fused-ring (bicyclic) bond motifs is 4. The van der Waals surface area contributed by atoms with Crippen molar-refractivity contribution < 1.29 is 8.81 Å². The van der Waals surface area contributed by atoms with Crippen LogP contribution in [0.15, 0.2) is 53.1 Å². The number of nitrogens with zero attached hydrogens (tertiary/aromatic N) is 2. The van der Waals surface area contributed by atoms with Gasteiger partial charge in [-0.1, -0.05) is 12.1 Å². The summed E-state index contributed by atoms with van der Waals surface area (Å²) in [6.07, 6.45) is 5.03. The molecule has 0 bridgehead atoms. The Balaban J connectivity index is 1.67. The molecule has 2 heterocycles. The molecule has 0 amide bonds. The van der Waals surface area contributed by atoms with Crippen molar-refractivity contribution in [3.8, 4) is 5.69 Å². The molecule has 1 aliphatic rings. The van der Waals surface area contributed by atoms with Gasteiger partial charge in [-0.25, -0.2) is 4.39 Å². The minimum Gasteiger partial charge on any atom is -0.461 e. The molecule has 3 nitrogen and oxygen atoms in total. The fraction of sp³-hybridized carbons (Fsp3) is 0.273. The van der Waals surface area contributed by atoms with Gasteiger partial charge in [0.15, 0.2) is 0 Å². The van der Waals surface area contributed by atoms with Crippen LogP contribution in [0.4, 0.5) is 4.39 Å². The second-order valence-corrected chi connectivity index (χ2v) is 7.41. The maximum absolute atomic E-state index is 14.4. The number of halogens is 1. The van der Waals surface area contributed by atoms with Gasteiger partial charge in [-0.3, -0.25) is 0 Å². The molecule has 5 rings (SSSR count). The molecule has 0 N–H and O–H groups in total. The van der Waals surface area contributed by atoms with Gasteiger partial charge in [0.1, 0.15) is 17.2 Å². The van der Waals surface area contributed by atoms with E-state index in [1.807, 2.05) is 35.0 Å². The lowest BCUT2D eigenvalue weighted by Gasteiger charge is -2.27. The maximum Gasteiger partial charge on any atom is 0.147 e. The van der Waals surface area contributed by atoms with Gasteiger partial charge in [-0.05, 0) is 57.3 Å². The molecule has 1 aliphatic carbocycles. The topological polar surface area (TPSA) is 21.3 Å². The number of hydrogen-bond acceptors (Lipinski definition) is 2. The minimum atomic E-state index is -0.200. The van der Waals surface area contributed by atoms with Gasteiger partial charge in [0.05, 0.1) is 5.52 Å².